The molecule has 0 aromatic carbocycles. The highest BCUT2D eigenvalue weighted by atomic mass is 15.2. The second-order valence-corrected chi connectivity index (χ2v) is 5.22. The van der Waals surface area contributed by atoms with Crippen LogP contribution in [0.3, 0.4) is 0 Å². The predicted octanol–water partition coefficient (Wildman–Crippen LogP) is 1.86. The summed E-state index contributed by atoms with van der Waals surface area (Å²) in [6, 6.07) is 2.41. The van der Waals surface area contributed by atoms with Crippen LogP contribution in [0.1, 0.15) is 40.0 Å². The Hall–Kier alpha value is -0.0800. The first kappa shape index (κ1) is 10.4. The van der Waals surface area contributed by atoms with E-state index >= 15 is 0 Å². The van der Waals surface area contributed by atoms with E-state index in [2.05, 4.69) is 31.0 Å². The summed E-state index contributed by atoms with van der Waals surface area (Å²) in [6.07, 6.45) is 4.27. The van der Waals surface area contributed by atoms with Gasteiger partial charge < -0.3 is 10.2 Å². The molecule has 1 N–H and O–H groups in total. The first-order chi connectivity index (χ1) is 6.70. The van der Waals surface area contributed by atoms with E-state index in [1.165, 1.54) is 32.4 Å². The molecule has 2 saturated heterocycles. The number of rotatable bonds is 4. The lowest BCUT2D eigenvalue weighted by atomic mass is 9.88. The molecule has 2 fully saturated rings. The Balaban J connectivity index is 1.85. The average Bonchev–Trinajstić information content (AvgIpc) is 2.74. The molecular weight excluding hydrogens is 172 g/mol. The lowest BCUT2D eigenvalue weighted by Crippen LogP contribution is -2.38. The third-order valence-corrected chi connectivity index (χ3v) is 4.04. The van der Waals surface area contributed by atoms with E-state index in [0.29, 0.717) is 6.04 Å². The fourth-order valence-corrected chi connectivity index (χ4v) is 3.15. The van der Waals surface area contributed by atoms with E-state index in [-0.39, 0.29) is 0 Å². The van der Waals surface area contributed by atoms with Crippen molar-refractivity contribution in [3.8, 4) is 0 Å². The van der Waals surface area contributed by atoms with Crippen molar-refractivity contribution in [1.29, 1.82) is 0 Å². The Morgan fingerprint density at radius 2 is 2.14 bits per heavy atom. The topological polar surface area (TPSA) is 15.3 Å². The zero-order valence-electron chi connectivity index (χ0n) is 9.79. The standard InChI is InChI=1S/C12H24N2/c1-4-14(9(2)3)8-10-7-11-5-6-12(10)13-11/h9-13H,4-8H2,1-3H3. The van der Waals surface area contributed by atoms with Gasteiger partial charge >= 0.3 is 0 Å². The summed E-state index contributed by atoms with van der Waals surface area (Å²) in [6.45, 7) is 9.41. The Morgan fingerprint density at radius 1 is 1.36 bits per heavy atom. The number of hydrogen-bond donors (Lipinski definition) is 1. The number of nitrogens with zero attached hydrogens (tertiary/aromatic N) is 1. The van der Waals surface area contributed by atoms with Gasteiger partial charge in [-0.05, 0) is 45.6 Å². The third kappa shape index (κ3) is 1.96. The largest absolute Gasteiger partial charge is 0.311 e. The minimum absolute atomic E-state index is 0.708. The molecule has 3 atom stereocenters. The van der Waals surface area contributed by atoms with E-state index in [4.69, 9.17) is 0 Å². The molecule has 0 radical (unpaired) electrons. The van der Waals surface area contributed by atoms with Gasteiger partial charge in [-0.1, -0.05) is 6.92 Å². The normalized spacial score (nSPS) is 36.2. The maximum Gasteiger partial charge on any atom is 0.0111 e. The van der Waals surface area contributed by atoms with Crippen LogP contribution in [0.5, 0.6) is 0 Å². The van der Waals surface area contributed by atoms with Crippen LogP contribution < -0.4 is 5.32 Å². The zero-order valence-corrected chi connectivity index (χ0v) is 9.79. The van der Waals surface area contributed by atoms with E-state index in [1.807, 2.05) is 0 Å². The summed E-state index contributed by atoms with van der Waals surface area (Å²) in [5.41, 5.74) is 0. The van der Waals surface area contributed by atoms with Gasteiger partial charge in [-0.3, -0.25) is 0 Å². The Kier molecular flexibility index (Phi) is 3.13. The lowest BCUT2D eigenvalue weighted by molar-refractivity contribution is 0.182. The Labute approximate surface area is 88.1 Å². The van der Waals surface area contributed by atoms with Crippen LogP contribution in [0.2, 0.25) is 0 Å². The summed E-state index contributed by atoms with van der Waals surface area (Å²) in [7, 11) is 0. The lowest BCUT2D eigenvalue weighted by Gasteiger charge is -2.31. The van der Waals surface area contributed by atoms with Crippen molar-refractivity contribution >= 4 is 0 Å². The number of fused-ring (bicyclic) bond motifs is 2. The van der Waals surface area contributed by atoms with E-state index < -0.39 is 0 Å². The molecule has 2 aliphatic heterocycles. The molecule has 0 aromatic heterocycles. The van der Waals surface area contributed by atoms with Gasteiger partial charge in [-0.2, -0.15) is 0 Å². The average molecular weight is 196 g/mol. The fourth-order valence-electron chi connectivity index (χ4n) is 3.15. The van der Waals surface area contributed by atoms with Crippen LogP contribution in [-0.4, -0.2) is 36.1 Å². The van der Waals surface area contributed by atoms with Gasteiger partial charge in [0.15, 0.2) is 0 Å². The van der Waals surface area contributed by atoms with Crippen molar-refractivity contribution in [2.75, 3.05) is 13.1 Å². The van der Waals surface area contributed by atoms with Gasteiger partial charge in [0.2, 0.25) is 0 Å². The van der Waals surface area contributed by atoms with E-state index in [9.17, 15) is 0 Å². The molecule has 0 aliphatic carbocycles. The quantitative estimate of drug-likeness (QED) is 0.738. The maximum absolute atomic E-state index is 3.72. The molecule has 2 heteroatoms. The van der Waals surface area contributed by atoms with Crippen molar-refractivity contribution in [1.82, 2.24) is 10.2 Å². The second kappa shape index (κ2) is 4.19. The van der Waals surface area contributed by atoms with Crippen LogP contribution in [0.25, 0.3) is 0 Å². The highest BCUT2D eigenvalue weighted by molar-refractivity contribution is 4.98. The van der Waals surface area contributed by atoms with Gasteiger partial charge in [0.25, 0.3) is 0 Å². The van der Waals surface area contributed by atoms with E-state index in [0.717, 1.165) is 18.0 Å². The molecule has 2 heterocycles. The van der Waals surface area contributed by atoms with Gasteiger partial charge in [-0.15, -0.1) is 0 Å². The number of nitrogens with one attached hydrogen (secondary N) is 1. The summed E-state index contributed by atoms with van der Waals surface area (Å²) in [4.78, 5) is 2.60. The highest BCUT2D eigenvalue weighted by Crippen LogP contribution is 2.33. The van der Waals surface area contributed by atoms with Crippen LogP contribution >= 0.6 is 0 Å². The highest BCUT2D eigenvalue weighted by Gasteiger charge is 2.39. The zero-order chi connectivity index (χ0) is 10.1. The molecule has 2 rings (SSSR count). The third-order valence-electron chi connectivity index (χ3n) is 4.04. The first-order valence-corrected chi connectivity index (χ1v) is 6.20. The summed E-state index contributed by atoms with van der Waals surface area (Å²) in [5.74, 6) is 0.927. The van der Waals surface area contributed by atoms with Gasteiger partial charge in [0.1, 0.15) is 0 Å². The van der Waals surface area contributed by atoms with Crippen LogP contribution in [0.4, 0.5) is 0 Å². The van der Waals surface area contributed by atoms with Crippen LogP contribution in [0.15, 0.2) is 0 Å². The van der Waals surface area contributed by atoms with Crippen molar-refractivity contribution in [3.05, 3.63) is 0 Å². The molecule has 2 bridgehead atoms. The first-order valence-electron chi connectivity index (χ1n) is 6.20. The molecule has 82 valence electrons. The molecule has 0 amide bonds. The SMILES string of the molecule is CCN(CC1CC2CCC1N2)C(C)C. The van der Waals surface area contributed by atoms with Gasteiger partial charge in [0.05, 0.1) is 0 Å². The Bertz CT molecular complexity index is 191. The van der Waals surface area contributed by atoms with E-state index in [1.54, 1.807) is 0 Å². The molecule has 14 heavy (non-hydrogen) atoms. The predicted molar refractivity (Wildman–Crippen MR) is 60.4 cm³/mol. The molecule has 3 unspecified atom stereocenters. The monoisotopic (exact) mass is 196 g/mol. The van der Waals surface area contributed by atoms with Crippen molar-refractivity contribution in [2.45, 2.75) is 58.2 Å². The molecule has 0 saturated carbocycles. The minimum atomic E-state index is 0.708. The van der Waals surface area contributed by atoms with Crippen molar-refractivity contribution < 1.29 is 0 Å². The molecule has 2 nitrogen and oxygen atoms in total. The molecule has 2 aliphatic rings. The van der Waals surface area contributed by atoms with Crippen LogP contribution in [0, 0.1) is 5.92 Å². The Morgan fingerprint density at radius 3 is 2.57 bits per heavy atom. The fraction of sp³-hybridized carbons (Fsp3) is 1.00. The maximum atomic E-state index is 3.72. The minimum Gasteiger partial charge on any atom is -0.311 e. The summed E-state index contributed by atoms with van der Waals surface area (Å²) in [5, 5.41) is 3.72. The van der Waals surface area contributed by atoms with Crippen molar-refractivity contribution in [3.63, 3.8) is 0 Å². The molecular formula is C12H24N2. The summed E-state index contributed by atoms with van der Waals surface area (Å²) < 4.78 is 0. The smallest absolute Gasteiger partial charge is 0.0111 e. The molecule has 0 spiro atoms. The van der Waals surface area contributed by atoms with Gasteiger partial charge in [-0.25, -0.2) is 0 Å². The van der Waals surface area contributed by atoms with Crippen molar-refractivity contribution in [2.24, 2.45) is 5.92 Å². The second-order valence-electron chi connectivity index (χ2n) is 5.22. The summed E-state index contributed by atoms with van der Waals surface area (Å²) >= 11 is 0. The van der Waals surface area contributed by atoms with Crippen LogP contribution in [-0.2, 0) is 0 Å². The number of hydrogen-bond acceptors (Lipinski definition) is 2. The molecule has 0 aromatic rings. The van der Waals surface area contributed by atoms with Gasteiger partial charge in [0, 0.05) is 24.7 Å².